The lowest BCUT2D eigenvalue weighted by Gasteiger charge is -2.24. The van der Waals surface area contributed by atoms with Crippen molar-refractivity contribution in [1.82, 2.24) is 5.32 Å². The summed E-state index contributed by atoms with van der Waals surface area (Å²) in [5.74, 6) is 1.50. The molecule has 2 aromatic rings. The van der Waals surface area contributed by atoms with Crippen LogP contribution in [0.15, 0.2) is 42.5 Å². The molecule has 2 rings (SSSR count). The van der Waals surface area contributed by atoms with Gasteiger partial charge in [-0.2, -0.15) is 11.8 Å². The van der Waals surface area contributed by atoms with E-state index in [0.717, 1.165) is 22.1 Å². The number of amides is 1. The highest BCUT2D eigenvalue weighted by molar-refractivity contribution is 7.98. The molecule has 0 spiro atoms. The first-order valence-corrected chi connectivity index (χ1v) is 12.3. The van der Waals surface area contributed by atoms with Gasteiger partial charge in [-0.15, -0.1) is 0 Å². The number of nitrogens with one attached hydrogen (secondary N) is 1. The maximum absolute atomic E-state index is 12.3. The number of benzene rings is 2. The van der Waals surface area contributed by atoms with Crippen LogP contribution in [0.4, 0.5) is 5.69 Å². The number of rotatable bonds is 10. The summed E-state index contributed by atoms with van der Waals surface area (Å²) in [7, 11) is -2.28. The highest BCUT2D eigenvalue weighted by atomic mass is 35.5. The topological polar surface area (TPSA) is 75.7 Å². The maximum atomic E-state index is 12.3. The van der Waals surface area contributed by atoms with Crippen molar-refractivity contribution in [3.05, 3.63) is 58.6 Å². The van der Waals surface area contributed by atoms with Crippen molar-refractivity contribution in [2.75, 3.05) is 36.5 Å². The van der Waals surface area contributed by atoms with E-state index in [9.17, 15) is 13.2 Å². The Labute approximate surface area is 181 Å². The molecule has 0 aliphatic heterocycles. The molecule has 0 aliphatic carbocycles. The SMILES string of the molecule is COc1ccc(Cl)cc1N(CC(=O)NCCSCc1cccc(C)c1)S(C)(=O)=O. The Balaban J connectivity index is 1.91. The largest absolute Gasteiger partial charge is 0.495 e. The number of anilines is 1. The molecule has 9 heteroatoms. The van der Waals surface area contributed by atoms with Crippen LogP contribution >= 0.6 is 23.4 Å². The number of carbonyl (C=O) groups excluding carboxylic acids is 1. The second-order valence-electron chi connectivity index (χ2n) is 6.48. The molecule has 0 heterocycles. The minimum absolute atomic E-state index is 0.228. The van der Waals surface area contributed by atoms with Crippen molar-refractivity contribution in [3.8, 4) is 5.75 Å². The van der Waals surface area contributed by atoms with Gasteiger partial charge in [0.2, 0.25) is 15.9 Å². The van der Waals surface area contributed by atoms with Gasteiger partial charge in [0.1, 0.15) is 12.3 Å². The molecule has 158 valence electrons. The number of nitrogens with zero attached hydrogens (tertiary/aromatic N) is 1. The average molecular weight is 457 g/mol. The Hall–Kier alpha value is -1.90. The van der Waals surface area contributed by atoms with E-state index in [-0.39, 0.29) is 12.2 Å². The van der Waals surface area contributed by atoms with Crippen LogP contribution in [-0.2, 0) is 20.6 Å². The number of methoxy groups -OCH3 is 1. The minimum atomic E-state index is -3.71. The predicted molar refractivity (Wildman–Crippen MR) is 121 cm³/mol. The van der Waals surface area contributed by atoms with Gasteiger partial charge in [0.05, 0.1) is 19.1 Å². The third-order valence-electron chi connectivity index (χ3n) is 4.02. The fourth-order valence-corrected chi connectivity index (χ4v) is 4.50. The Kier molecular flexibility index (Phi) is 8.67. The molecule has 0 aromatic heterocycles. The van der Waals surface area contributed by atoms with Crippen LogP contribution in [0.3, 0.4) is 0 Å². The number of carbonyl (C=O) groups is 1. The smallest absolute Gasteiger partial charge is 0.240 e. The van der Waals surface area contributed by atoms with Crippen LogP contribution in [0.25, 0.3) is 0 Å². The Morgan fingerprint density at radius 3 is 2.66 bits per heavy atom. The second-order valence-corrected chi connectivity index (χ2v) is 9.93. The summed E-state index contributed by atoms with van der Waals surface area (Å²) in [4.78, 5) is 12.3. The van der Waals surface area contributed by atoms with E-state index in [4.69, 9.17) is 16.3 Å². The molecule has 0 atom stereocenters. The van der Waals surface area contributed by atoms with Gasteiger partial charge in [-0.05, 0) is 30.7 Å². The zero-order chi connectivity index (χ0) is 21.4. The van der Waals surface area contributed by atoms with Crippen LogP contribution < -0.4 is 14.4 Å². The van der Waals surface area contributed by atoms with Gasteiger partial charge in [-0.25, -0.2) is 8.42 Å². The lowest BCUT2D eigenvalue weighted by molar-refractivity contribution is -0.119. The quantitative estimate of drug-likeness (QED) is 0.554. The molecule has 0 fully saturated rings. The van der Waals surface area contributed by atoms with E-state index in [2.05, 4.69) is 30.4 Å². The molecule has 1 N–H and O–H groups in total. The van der Waals surface area contributed by atoms with Crippen molar-refractivity contribution in [2.24, 2.45) is 0 Å². The monoisotopic (exact) mass is 456 g/mol. The standard InChI is InChI=1S/C20H25ClN2O4S2/c1-15-5-4-6-16(11-15)14-28-10-9-22-20(24)13-23(29(3,25)26)18-12-17(21)7-8-19(18)27-2/h4-8,11-12H,9-10,13-14H2,1-3H3,(H,22,24). The number of thioether (sulfide) groups is 1. The number of halogens is 1. The van der Waals surface area contributed by atoms with Gasteiger partial charge in [-0.1, -0.05) is 41.4 Å². The van der Waals surface area contributed by atoms with Crippen molar-refractivity contribution in [1.29, 1.82) is 0 Å². The fraction of sp³-hybridized carbons (Fsp3) is 0.350. The number of aryl methyl sites for hydroxylation is 1. The zero-order valence-electron chi connectivity index (χ0n) is 16.6. The van der Waals surface area contributed by atoms with Gasteiger partial charge in [0, 0.05) is 23.1 Å². The third-order valence-corrected chi connectivity index (χ3v) is 6.41. The molecule has 2 aromatic carbocycles. The van der Waals surface area contributed by atoms with Gasteiger partial charge in [0.25, 0.3) is 0 Å². The second kappa shape index (κ2) is 10.8. The van der Waals surface area contributed by atoms with Crippen molar-refractivity contribution in [3.63, 3.8) is 0 Å². The number of sulfonamides is 1. The molecule has 0 aliphatic rings. The maximum Gasteiger partial charge on any atom is 0.240 e. The minimum Gasteiger partial charge on any atom is -0.495 e. The molecule has 6 nitrogen and oxygen atoms in total. The summed E-state index contributed by atoms with van der Waals surface area (Å²) in [6.45, 7) is 2.15. The van der Waals surface area contributed by atoms with Crippen molar-refractivity contribution in [2.45, 2.75) is 12.7 Å². The highest BCUT2D eigenvalue weighted by Crippen LogP contribution is 2.32. The van der Waals surface area contributed by atoms with E-state index < -0.39 is 15.9 Å². The average Bonchev–Trinajstić information content (AvgIpc) is 2.65. The van der Waals surface area contributed by atoms with Crippen LogP contribution in [-0.4, -0.2) is 46.5 Å². The first-order valence-electron chi connectivity index (χ1n) is 8.92. The molecule has 0 bridgehead atoms. The summed E-state index contributed by atoms with van der Waals surface area (Å²) in [6, 6.07) is 12.9. The number of hydrogen-bond donors (Lipinski definition) is 1. The van der Waals surface area contributed by atoms with Crippen molar-refractivity contribution < 1.29 is 17.9 Å². The normalized spacial score (nSPS) is 11.2. The van der Waals surface area contributed by atoms with Crippen LogP contribution in [0.2, 0.25) is 5.02 Å². The van der Waals surface area contributed by atoms with Gasteiger partial charge < -0.3 is 10.1 Å². The summed E-state index contributed by atoms with van der Waals surface area (Å²) in [5.41, 5.74) is 2.68. The van der Waals surface area contributed by atoms with Gasteiger partial charge >= 0.3 is 0 Å². The molecular formula is C20H25ClN2O4S2. The molecular weight excluding hydrogens is 432 g/mol. The molecule has 1 amide bonds. The van der Waals surface area contributed by atoms with Gasteiger partial charge in [-0.3, -0.25) is 9.10 Å². The molecule has 0 saturated heterocycles. The summed E-state index contributed by atoms with van der Waals surface area (Å²) < 4.78 is 30.7. The lowest BCUT2D eigenvalue weighted by Crippen LogP contribution is -2.41. The third kappa shape index (κ3) is 7.45. The Morgan fingerprint density at radius 2 is 2.00 bits per heavy atom. The van der Waals surface area contributed by atoms with E-state index in [1.165, 1.54) is 24.3 Å². The first kappa shape index (κ1) is 23.4. The van der Waals surface area contributed by atoms with Crippen LogP contribution in [0.1, 0.15) is 11.1 Å². The number of hydrogen-bond acceptors (Lipinski definition) is 5. The molecule has 29 heavy (non-hydrogen) atoms. The Morgan fingerprint density at radius 1 is 1.24 bits per heavy atom. The van der Waals surface area contributed by atoms with E-state index >= 15 is 0 Å². The molecule has 0 unspecified atom stereocenters. The molecule has 0 saturated carbocycles. The van der Waals surface area contributed by atoms with Gasteiger partial charge in [0.15, 0.2) is 0 Å². The predicted octanol–water partition coefficient (Wildman–Crippen LogP) is 3.47. The fourth-order valence-electron chi connectivity index (χ4n) is 2.68. The first-order chi connectivity index (χ1) is 13.7. The lowest BCUT2D eigenvalue weighted by atomic mass is 10.2. The van der Waals surface area contributed by atoms with Crippen LogP contribution in [0, 0.1) is 6.92 Å². The van der Waals surface area contributed by atoms with E-state index in [1.54, 1.807) is 23.9 Å². The van der Waals surface area contributed by atoms with Crippen molar-refractivity contribution >= 4 is 45.0 Å². The zero-order valence-corrected chi connectivity index (χ0v) is 19.0. The number of ether oxygens (including phenoxy) is 1. The summed E-state index contributed by atoms with van der Waals surface area (Å²) in [5, 5.41) is 3.11. The summed E-state index contributed by atoms with van der Waals surface area (Å²) >= 11 is 7.70. The van der Waals surface area contributed by atoms with E-state index in [0.29, 0.717) is 17.3 Å². The molecule has 0 radical (unpaired) electrons. The Bertz CT molecular complexity index is 951. The highest BCUT2D eigenvalue weighted by Gasteiger charge is 2.24. The van der Waals surface area contributed by atoms with E-state index in [1.807, 2.05) is 6.07 Å². The summed E-state index contributed by atoms with van der Waals surface area (Å²) in [6.07, 6.45) is 1.04. The van der Waals surface area contributed by atoms with Crippen LogP contribution in [0.5, 0.6) is 5.75 Å².